The third-order valence-electron chi connectivity index (χ3n) is 4.33. The van der Waals surface area contributed by atoms with Crippen molar-refractivity contribution in [3.8, 4) is 0 Å². The summed E-state index contributed by atoms with van der Waals surface area (Å²) in [6.45, 7) is 3.48. The summed E-state index contributed by atoms with van der Waals surface area (Å²) in [6.07, 6.45) is 1.16. The highest BCUT2D eigenvalue weighted by atomic mass is 35.5. The van der Waals surface area contributed by atoms with Gasteiger partial charge in [0, 0.05) is 24.4 Å². The Morgan fingerprint density at radius 2 is 1.86 bits per heavy atom. The van der Waals surface area contributed by atoms with E-state index in [9.17, 15) is 24.5 Å². The Balaban J connectivity index is 0.00000392. The highest BCUT2D eigenvalue weighted by Crippen LogP contribution is 2.21. The molecule has 0 saturated carbocycles. The SMILES string of the molecule is CC(N)C(=O)NC(C)C(=O)N1CCCC1C(=O)Nc1ccc([N+](=O)[O-])cc1.Cl. The highest BCUT2D eigenvalue weighted by molar-refractivity contribution is 5.99. The summed E-state index contributed by atoms with van der Waals surface area (Å²) >= 11 is 0. The monoisotopic (exact) mass is 413 g/mol. The van der Waals surface area contributed by atoms with E-state index in [4.69, 9.17) is 5.73 Å². The van der Waals surface area contributed by atoms with Crippen molar-refractivity contribution in [2.24, 2.45) is 5.73 Å². The number of nitro groups is 1. The standard InChI is InChI=1S/C17H23N5O5.ClH/c1-10(18)15(23)19-11(2)17(25)21-9-3-4-14(21)16(24)20-12-5-7-13(8-6-12)22(26)27;/h5-8,10-11,14H,3-4,9,18H2,1-2H3,(H,19,23)(H,20,24);1H. The Morgan fingerprint density at radius 3 is 2.39 bits per heavy atom. The maximum absolute atomic E-state index is 12.6. The molecule has 2 rings (SSSR count). The van der Waals surface area contributed by atoms with Gasteiger partial charge in [0.15, 0.2) is 0 Å². The number of hydrogen-bond donors (Lipinski definition) is 3. The van der Waals surface area contributed by atoms with Crippen molar-refractivity contribution in [2.45, 2.75) is 44.8 Å². The molecule has 1 aliphatic heterocycles. The molecule has 10 nitrogen and oxygen atoms in total. The van der Waals surface area contributed by atoms with Crippen LogP contribution in [0.3, 0.4) is 0 Å². The van der Waals surface area contributed by atoms with Gasteiger partial charge >= 0.3 is 0 Å². The van der Waals surface area contributed by atoms with Crippen LogP contribution in [0.15, 0.2) is 24.3 Å². The quantitative estimate of drug-likeness (QED) is 0.464. The molecule has 3 atom stereocenters. The van der Waals surface area contributed by atoms with Gasteiger partial charge in [-0.2, -0.15) is 0 Å². The minimum Gasteiger partial charge on any atom is -0.343 e. The number of benzene rings is 1. The van der Waals surface area contributed by atoms with E-state index in [2.05, 4.69) is 10.6 Å². The van der Waals surface area contributed by atoms with Crippen LogP contribution >= 0.6 is 12.4 Å². The topological polar surface area (TPSA) is 148 Å². The smallest absolute Gasteiger partial charge is 0.269 e. The lowest BCUT2D eigenvalue weighted by molar-refractivity contribution is -0.384. The van der Waals surface area contributed by atoms with E-state index in [0.29, 0.717) is 25.1 Å². The number of non-ortho nitro benzene ring substituents is 1. The largest absolute Gasteiger partial charge is 0.343 e. The number of rotatable bonds is 6. The minimum absolute atomic E-state index is 0. The molecule has 4 N–H and O–H groups in total. The number of hydrogen-bond acceptors (Lipinski definition) is 6. The number of amides is 3. The van der Waals surface area contributed by atoms with Crippen molar-refractivity contribution in [3.05, 3.63) is 34.4 Å². The molecule has 0 spiro atoms. The van der Waals surface area contributed by atoms with Crippen LogP contribution in [0.5, 0.6) is 0 Å². The second-order valence-corrected chi connectivity index (χ2v) is 6.50. The fraction of sp³-hybridized carbons (Fsp3) is 0.471. The lowest BCUT2D eigenvalue weighted by Crippen LogP contribution is -2.53. The molecule has 0 radical (unpaired) electrons. The van der Waals surface area contributed by atoms with Crippen LogP contribution in [0.25, 0.3) is 0 Å². The number of nitrogens with zero attached hydrogens (tertiary/aromatic N) is 2. The average Bonchev–Trinajstić information content (AvgIpc) is 3.11. The van der Waals surface area contributed by atoms with Crippen molar-refractivity contribution in [3.63, 3.8) is 0 Å². The highest BCUT2D eigenvalue weighted by Gasteiger charge is 2.36. The minimum atomic E-state index is -0.795. The van der Waals surface area contributed by atoms with Crippen LogP contribution in [0.4, 0.5) is 11.4 Å². The van der Waals surface area contributed by atoms with E-state index < -0.39 is 29.0 Å². The molecule has 1 aromatic rings. The molecule has 0 aliphatic carbocycles. The Hall–Kier alpha value is -2.72. The molecule has 0 aromatic heterocycles. The van der Waals surface area contributed by atoms with Gasteiger partial charge < -0.3 is 21.3 Å². The second kappa shape index (κ2) is 10.00. The third kappa shape index (κ3) is 5.64. The predicted octanol–water partition coefficient (Wildman–Crippen LogP) is 0.798. The average molecular weight is 414 g/mol. The molecule has 11 heteroatoms. The van der Waals surface area contributed by atoms with E-state index in [1.165, 1.54) is 36.1 Å². The van der Waals surface area contributed by atoms with Gasteiger partial charge in [-0.05, 0) is 38.8 Å². The van der Waals surface area contributed by atoms with Crippen LogP contribution in [0.2, 0.25) is 0 Å². The Kier molecular flexibility index (Phi) is 8.33. The summed E-state index contributed by atoms with van der Waals surface area (Å²) in [4.78, 5) is 48.4. The molecule has 0 bridgehead atoms. The maximum atomic E-state index is 12.6. The Morgan fingerprint density at radius 1 is 1.25 bits per heavy atom. The first-order chi connectivity index (χ1) is 12.7. The number of carbonyl (C=O) groups is 3. The van der Waals surface area contributed by atoms with Gasteiger partial charge in [0.05, 0.1) is 11.0 Å². The Labute approximate surface area is 168 Å². The van der Waals surface area contributed by atoms with Gasteiger partial charge in [-0.1, -0.05) is 0 Å². The van der Waals surface area contributed by atoms with Gasteiger partial charge in [-0.3, -0.25) is 24.5 Å². The van der Waals surface area contributed by atoms with Crippen LogP contribution in [0, 0.1) is 10.1 Å². The molecular weight excluding hydrogens is 390 g/mol. The van der Waals surface area contributed by atoms with Gasteiger partial charge in [0.2, 0.25) is 17.7 Å². The Bertz CT molecular complexity index is 740. The van der Waals surface area contributed by atoms with E-state index in [1.54, 1.807) is 6.92 Å². The van der Waals surface area contributed by atoms with Gasteiger partial charge in [0.25, 0.3) is 5.69 Å². The van der Waals surface area contributed by atoms with E-state index in [1.807, 2.05) is 0 Å². The van der Waals surface area contributed by atoms with E-state index in [-0.39, 0.29) is 29.9 Å². The molecule has 3 amide bonds. The zero-order valence-electron chi connectivity index (χ0n) is 15.6. The van der Waals surface area contributed by atoms with Crippen molar-refractivity contribution < 1.29 is 19.3 Å². The molecular formula is C17H24ClN5O5. The third-order valence-corrected chi connectivity index (χ3v) is 4.33. The number of halogens is 1. The molecule has 1 aliphatic rings. The molecule has 1 fully saturated rings. The molecule has 3 unspecified atom stereocenters. The van der Waals surface area contributed by atoms with Crippen molar-refractivity contribution in [1.29, 1.82) is 0 Å². The summed E-state index contributed by atoms with van der Waals surface area (Å²) in [5.41, 5.74) is 5.81. The van der Waals surface area contributed by atoms with Crippen LogP contribution in [0.1, 0.15) is 26.7 Å². The maximum Gasteiger partial charge on any atom is 0.269 e. The number of likely N-dealkylation sites (tertiary alicyclic amines) is 1. The summed E-state index contributed by atoms with van der Waals surface area (Å²) in [6, 6.07) is 3.25. The van der Waals surface area contributed by atoms with Crippen LogP contribution in [-0.4, -0.2) is 52.2 Å². The van der Waals surface area contributed by atoms with Crippen LogP contribution < -0.4 is 16.4 Å². The summed E-state index contributed by atoms with van der Waals surface area (Å²) in [5, 5.41) is 15.9. The van der Waals surface area contributed by atoms with Crippen LogP contribution in [-0.2, 0) is 14.4 Å². The first-order valence-corrected chi connectivity index (χ1v) is 8.62. The van der Waals surface area contributed by atoms with Crippen molar-refractivity contribution in [2.75, 3.05) is 11.9 Å². The van der Waals surface area contributed by atoms with Gasteiger partial charge in [0.1, 0.15) is 12.1 Å². The van der Waals surface area contributed by atoms with Crippen molar-refractivity contribution >= 4 is 41.5 Å². The number of anilines is 1. The van der Waals surface area contributed by atoms with Gasteiger partial charge in [-0.25, -0.2) is 0 Å². The van der Waals surface area contributed by atoms with Crippen molar-refractivity contribution in [1.82, 2.24) is 10.2 Å². The number of carbonyl (C=O) groups excluding carboxylic acids is 3. The van der Waals surface area contributed by atoms with E-state index >= 15 is 0 Å². The number of nitrogens with one attached hydrogen (secondary N) is 2. The zero-order valence-corrected chi connectivity index (χ0v) is 16.4. The molecule has 1 aromatic carbocycles. The second-order valence-electron chi connectivity index (χ2n) is 6.50. The predicted molar refractivity (Wildman–Crippen MR) is 105 cm³/mol. The molecule has 154 valence electrons. The summed E-state index contributed by atoms with van der Waals surface area (Å²) in [5.74, 6) is -1.17. The molecule has 28 heavy (non-hydrogen) atoms. The lowest BCUT2D eigenvalue weighted by Gasteiger charge is -2.27. The lowest BCUT2D eigenvalue weighted by atomic mass is 10.1. The molecule has 1 heterocycles. The summed E-state index contributed by atoms with van der Waals surface area (Å²) < 4.78 is 0. The first kappa shape index (κ1) is 23.3. The zero-order chi connectivity index (χ0) is 20.1. The number of nitro benzene ring substituents is 1. The molecule has 1 saturated heterocycles. The van der Waals surface area contributed by atoms with Gasteiger partial charge in [-0.15, -0.1) is 12.4 Å². The number of nitrogens with two attached hydrogens (primary N) is 1. The first-order valence-electron chi connectivity index (χ1n) is 8.62. The fourth-order valence-corrected chi connectivity index (χ4v) is 2.85. The fourth-order valence-electron chi connectivity index (χ4n) is 2.85. The van der Waals surface area contributed by atoms with E-state index in [0.717, 1.165) is 0 Å². The normalized spacial score (nSPS) is 17.8. The summed E-state index contributed by atoms with van der Waals surface area (Å²) in [7, 11) is 0.